The molecule has 3 rings (SSSR count). The van der Waals surface area contributed by atoms with Crippen LogP contribution in [-0.4, -0.2) is 20.2 Å². The minimum absolute atomic E-state index is 0.265. The molecule has 28 heavy (non-hydrogen) atoms. The molecular formula is C19H20N4O4S. The molecule has 0 aliphatic heterocycles. The van der Waals surface area contributed by atoms with Crippen LogP contribution in [0.2, 0.25) is 0 Å². The van der Waals surface area contributed by atoms with Gasteiger partial charge in [-0.05, 0) is 12.5 Å². The molecule has 0 aliphatic carbocycles. The van der Waals surface area contributed by atoms with Crippen LogP contribution in [0.4, 0.5) is 5.82 Å². The van der Waals surface area contributed by atoms with Crippen molar-refractivity contribution in [3.8, 4) is 0 Å². The van der Waals surface area contributed by atoms with Gasteiger partial charge in [0.1, 0.15) is 11.0 Å². The molecule has 3 aromatic rings. The van der Waals surface area contributed by atoms with E-state index in [1.165, 1.54) is 29.4 Å². The summed E-state index contributed by atoms with van der Waals surface area (Å²) in [7, 11) is 3.04. The van der Waals surface area contributed by atoms with Gasteiger partial charge in [0.15, 0.2) is 5.82 Å². The average molecular weight is 400 g/mol. The lowest BCUT2D eigenvalue weighted by atomic mass is 10.1. The van der Waals surface area contributed by atoms with Gasteiger partial charge in [0, 0.05) is 37.7 Å². The van der Waals surface area contributed by atoms with Gasteiger partial charge in [-0.3, -0.25) is 18.7 Å². The molecule has 0 saturated carbocycles. The molecule has 2 aromatic heterocycles. The first-order chi connectivity index (χ1) is 13.4. The molecule has 1 atom stereocenters. The number of rotatable bonds is 6. The van der Waals surface area contributed by atoms with Crippen molar-refractivity contribution in [1.29, 1.82) is 0 Å². The van der Waals surface area contributed by atoms with Crippen LogP contribution in [0, 0.1) is 6.92 Å². The van der Waals surface area contributed by atoms with Crippen molar-refractivity contribution in [2.45, 2.75) is 17.9 Å². The zero-order valence-electron chi connectivity index (χ0n) is 15.7. The number of anilines is 1. The van der Waals surface area contributed by atoms with Gasteiger partial charge >= 0.3 is 5.69 Å². The van der Waals surface area contributed by atoms with E-state index in [4.69, 9.17) is 4.52 Å². The maximum absolute atomic E-state index is 12.9. The van der Waals surface area contributed by atoms with Gasteiger partial charge in [0.2, 0.25) is 5.91 Å². The highest BCUT2D eigenvalue weighted by Crippen LogP contribution is 2.32. The van der Waals surface area contributed by atoms with Gasteiger partial charge in [0.05, 0.1) is 0 Å². The molecule has 0 fully saturated rings. The maximum Gasteiger partial charge on any atom is 0.330 e. The summed E-state index contributed by atoms with van der Waals surface area (Å²) in [5.41, 5.74) is 0.572. The zero-order chi connectivity index (χ0) is 20.3. The Morgan fingerprint density at radius 1 is 1.18 bits per heavy atom. The van der Waals surface area contributed by atoms with E-state index in [0.29, 0.717) is 23.0 Å². The smallest absolute Gasteiger partial charge is 0.330 e. The van der Waals surface area contributed by atoms with Gasteiger partial charge in [-0.15, -0.1) is 11.8 Å². The van der Waals surface area contributed by atoms with Crippen LogP contribution in [0.25, 0.3) is 0 Å². The minimum atomic E-state index is -0.558. The van der Waals surface area contributed by atoms with E-state index in [0.717, 1.165) is 10.1 Å². The van der Waals surface area contributed by atoms with E-state index in [-0.39, 0.29) is 11.5 Å². The second-order valence-electron chi connectivity index (χ2n) is 6.29. The molecule has 0 saturated heterocycles. The number of hydrogen-bond acceptors (Lipinski definition) is 6. The van der Waals surface area contributed by atoms with Crippen LogP contribution >= 0.6 is 11.8 Å². The largest absolute Gasteiger partial charge is 0.360 e. The maximum atomic E-state index is 12.9. The minimum Gasteiger partial charge on any atom is -0.360 e. The highest BCUT2D eigenvalue weighted by Gasteiger charge is 2.23. The molecule has 1 unspecified atom stereocenters. The first kappa shape index (κ1) is 19.7. The van der Waals surface area contributed by atoms with Crippen LogP contribution < -0.4 is 16.6 Å². The summed E-state index contributed by atoms with van der Waals surface area (Å²) in [6, 6.07) is 12.3. The van der Waals surface area contributed by atoms with Crippen LogP contribution in [0.5, 0.6) is 0 Å². The number of amides is 1. The molecule has 0 spiro atoms. The molecule has 8 nitrogen and oxygen atoms in total. The summed E-state index contributed by atoms with van der Waals surface area (Å²) in [4.78, 5) is 36.9. The van der Waals surface area contributed by atoms with E-state index in [1.54, 1.807) is 20.0 Å². The van der Waals surface area contributed by atoms with Crippen LogP contribution in [0.15, 0.2) is 56.6 Å². The molecule has 0 bridgehead atoms. The van der Waals surface area contributed by atoms with Crippen LogP contribution in [0.3, 0.4) is 0 Å². The first-order valence-electron chi connectivity index (χ1n) is 8.53. The predicted octanol–water partition coefficient (Wildman–Crippen LogP) is 1.99. The Labute approximate surface area is 165 Å². The molecule has 1 aromatic carbocycles. The number of thioether (sulfide) groups is 1. The number of carbonyl (C=O) groups excluding carboxylic acids is 1. The Kier molecular flexibility index (Phi) is 5.84. The number of hydrogen-bond donors (Lipinski definition) is 1. The fourth-order valence-corrected chi connectivity index (χ4v) is 3.83. The Hall–Kier alpha value is -3.07. The van der Waals surface area contributed by atoms with Gasteiger partial charge in [-0.2, -0.15) is 0 Å². The lowest BCUT2D eigenvalue weighted by Crippen LogP contribution is -2.37. The molecular weight excluding hydrogens is 380 g/mol. The number of carbonyl (C=O) groups is 1. The van der Waals surface area contributed by atoms with Crippen molar-refractivity contribution >= 4 is 23.5 Å². The summed E-state index contributed by atoms with van der Waals surface area (Å²) in [6.07, 6.45) is 0. The van der Waals surface area contributed by atoms with E-state index in [2.05, 4.69) is 10.5 Å². The van der Waals surface area contributed by atoms with Gasteiger partial charge in [-0.25, -0.2) is 4.79 Å². The van der Waals surface area contributed by atoms with Gasteiger partial charge in [-0.1, -0.05) is 35.5 Å². The molecule has 0 radical (unpaired) electrons. The molecule has 146 valence electrons. The molecule has 9 heteroatoms. The van der Waals surface area contributed by atoms with Gasteiger partial charge in [0.25, 0.3) is 5.56 Å². The Balaban J connectivity index is 1.85. The number of nitrogens with one attached hydrogen (secondary N) is 1. The summed E-state index contributed by atoms with van der Waals surface area (Å²) in [5, 5.41) is 5.98. The highest BCUT2D eigenvalue weighted by atomic mass is 32.2. The lowest BCUT2D eigenvalue weighted by Gasteiger charge is -2.17. The van der Waals surface area contributed by atoms with Crippen LogP contribution in [-0.2, 0) is 24.6 Å². The summed E-state index contributed by atoms with van der Waals surface area (Å²) >= 11 is 1.32. The monoisotopic (exact) mass is 400 g/mol. The molecule has 1 amide bonds. The first-order valence-corrected chi connectivity index (χ1v) is 9.58. The van der Waals surface area contributed by atoms with E-state index < -0.39 is 10.9 Å². The third-order valence-electron chi connectivity index (χ3n) is 4.24. The quantitative estimate of drug-likeness (QED) is 0.679. The van der Waals surface area contributed by atoms with Crippen molar-refractivity contribution < 1.29 is 9.32 Å². The summed E-state index contributed by atoms with van der Waals surface area (Å²) in [6.45, 7) is 1.74. The fourth-order valence-electron chi connectivity index (χ4n) is 2.65. The summed E-state index contributed by atoms with van der Waals surface area (Å²) in [5.74, 6) is 0.977. The molecule has 2 heterocycles. The van der Waals surface area contributed by atoms with Crippen LogP contribution in [0.1, 0.15) is 22.3 Å². The summed E-state index contributed by atoms with van der Waals surface area (Å²) < 4.78 is 7.44. The van der Waals surface area contributed by atoms with E-state index in [9.17, 15) is 14.4 Å². The standard InChI is InChI=1S/C19H20N4O4S/c1-12-9-15(21-27-12)20-18(25)17(13-7-5-4-6-8-13)28-11-14-10-16(24)23(3)19(26)22(14)2/h4-10,17H,11H2,1-3H3,(H,20,21,25). The third kappa shape index (κ3) is 4.25. The van der Waals surface area contributed by atoms with Crippen molar-refractivity contribution in [1.82, 2.24) is 14.3 Å². The number of nitrogens with zero attached hydrogens (tertiary/aromatic N) is 3. The zero-order valence-corrected chi connectivity index (χ0v) is 16.5. The van der Waals surface area contributed by atoms with Crippen molar-refractivity contribution in [3.05, 3.63) is 80.3 Å². The third-order valence-corrected chi connectivity index (χ3v) is 5.52. The predicted molar refractivity (Wildman–Crippen MR) is 107 cm³/mol. The molecule has 1 N–H and O–H groups in total. The SMILES string of the molecule is Cc1cc(NC(=O)C(SCc2cc(=O)n(C)c(=O)n2C)c2ccccc2)no1. The highest BCUT2D eigenvalue weighted by molar-refractivity contribution is 7.99. The second kappa shape index (κ2) is 8.30. The number of aromatic nitrogens is 3. The Morgan fingerprint density at radius 2 is 1.89 bits per heavy atom. The van der Waals surface area contributed by atoms with Crippen molar-refractivity contribution in [3.63, 3.8) is 0 Å². The average Bonchev–Trinajstić information content (AvgIpc) is 3.09. The van der Waals surface area contributed by atoms with Gasteiger partial charge < -0.3 is 9.84 Å². The fraction of sp³-hybridized carbons (Fsp3) is 0.263. The Bertz CT molecular complexity index is 1100. The number of aryl methyl sites for hydroxylation is 1. The molecule has 0 aliphatic rings. The van der Waals surface area contributed by atoms with E-state index >= 15 is 0 Å². The lowest BCUT2D eigenvalue weighted by molar-refractivity contribution is -0.115. The van der Waals surface area contributed by atoms with E-state index in [1.807, 2.05) is 30.3 Å². The van der Waals surface area contributed by atoms with Crippen molar-refractivity contribution in [2.24, 2.45) is 14.1 Å². The Morgan fingerprint density at radius 3 is 2.54 bits per heavy atom. The number of benzene rings is 1. The van der Waals surface area contributed by atoms with Crippen molar-refractivity contribution in [2.75, 3.05) is 5.32 Å². The normalized spacial score (nSPS) is 12.0. The second-order valence-corrected chi connectivity index (χ2v) is 7.38. The topological polar surface area (TPSA) is 99.1 Å².